The van der Waals surface area contributed by atoms with Gasteiger partial charge in [-0.25, -0.2) is 13.1 Å². The largest absolute Gasteiger partial charge is 0.478 e. The lowest BCUT2D eigenvalue weighted by molar-refractivity contribution is 0.0697. The number of benzene rings is 2. The SMILES string of the molecule is O=C(O)c1ccc(F)cc1-n1sc2ccccc2c1=O. The molecule has 1 N–H and O–H groups in total. The van der Waals surface area contributed by atoms with Crippen molar-refractivity contribution in [2.24, 2.45) is 0 Å². The zero-order valence-electron chi connectivity index (χ0n) is 10.0. The van der Waals surface area contributed by atoms with E-state index in [0.717, 1.165) is 34.4 Å². The molecule has 2 aromatic carbocycles. The number of hydrogen-bond donors (Lipinski definition) is 1. The topological polar surface area (TPSA) is 59.3 Å². The monoisotopic (exact) mass is 289 g/mol. The Bertz CT molecular complexity index is 882. The van der Waals surface area contributed by atoms with Crippen LogP contribution in [0.1, 0.15) is 10.4 Å². The third kappa shape index (κ3) is 1.90. The van der Waals surface area contributed by atoms with Crippen LogP contribution >= 0.6 is 11.5 Å². The molecule has 0 saturated heterocycles. The Morgan fingerprint density at radius 1 is 1.20 bits per heavy atom. The molecule has 0 spiro atoms. The summed E-state index contributed by atoms with van der Waals surface area (Å²) in [6, 6.07) is 10.2. The minimum Gasteiger partial charge on any atom is -0.478 e. The Balaban J connectivity index is 2.36. The summed E-state index contributed by atoms with van der Waals surface area (Å²) in [7, 11) is 0. The van der Waals surface area contributed by atoms with E-state index in [-0.39, 0.29) is 16.8 Å². The summed E-state index contributed by atoms with van der Waals surface area (Å²) >= 11 is 1.09. The highest BCUT2D eigenvalue weighted by atomic mass is 32.1. The lowest BCUT2D eigenvalue weighted by Crippen LogP contribution is -2.14. The maximum atomic E-state index is 13.4. The first kappa shape index (κ1) is 12.6. The minimum atomic E-state index is -1.20. The van der Waals surface area contributed by atoms with Gasteiger partial charge in [0, 0.05) is 0 Å². The molecule has 0 aliphatic carbocycles. The number of hydrogen-bond acceptors (Lipinski definition) is 3. The van der Waals surface area contributed by atoms with Crippen LogP contribution in [-0.4, -0.2) is 15.0 Å². The molecule has 0 saturated carbocycles. The van der Waals surface area contributed by atoms with Crippen molar-refractivity contribution in [2.45, 2.75) is 0 Å². The molecule has 0 aliphatic rings. The van der Waals surface area contributed by atoms with Crippen molar-refractivity contribution in [1.82, 2.24) is 3.96 Å². The molecule has 20 heavy (non-hydrogen) atoms. The summed E-state index contributed by atoms with van der Waals surface area (Å²) in [6.45, 7) is 0. The van der Waals surface area contributed by atoms with Crippen molar-refractivity contribution in [3.63, 3.8) is 0 Å². The van der Waals surface area contributed by atoms with Crippen molar-refractivity contribution in [1.29, 1.82) is 0 Å². The van der Waals surface area contributed by atoms with E-state index >= 15 is 0 Å². The summed E-state index contributed by atoms with van der Waals surface area (Å²) < 4.78 is 15.3. The van der Waals surface area contributed by atoms with E-state index in [1.165, 1.54) is 3.96 Å². The van der Waals surface area contributed by atoms with Gasteiger partial charge in [-0.2, -0.15) is 0 Å². The molecule has 0 aliphatic heterocycles. The first-order valence-electron chi connectivity index (χ1n) is 5.72. The van der Waals surface area contributed by atoms with E-state index in [1.54, 1.807) is 24.3 Å². The highest BCUT2D eigenvalue weighted by molar-refractivity contribution is 7.14. The van der Waals surface area contributed by atoms with Gasteiger partial charge >= 0.3 is 5.97 Å². The Hall–Kier alpha value is -2.47. The van der Waals surface area contributed by atoms with Crippen molar-refractivity contribution in [3.05, 3.63) is 64.2 Å². The lowest BCUT2D eigenvalue weighted by atomic mass is 10.2. The van der Waals surface area contributed by atoms with Crippen LogP contribution < -0.4 is 5.56 Å². The van der Waals surface area contributed by atoms with Gasteiger partial charge in [-0.15, -0.1) is 0 Å². The van der Waals surface area contributed by atoms with Gasteiger partial charge < -0.3 is 5.11 Å². The molecular formula is C14H8FNO3S. The third-order valence-corrected chi connectivity index (χ3v) is 4.00. The number of aromatic nitrogens is 1. The van der Waals surface area contributed by atoms with Crippen LogP contribution in [-0.2, 0) is 0 Å². The maximum absolute atomic E-state index is 13.4. The van der Waals surface area contributed by atoms with Crippen LogP contribution in [0.5, 0.6) is 0 Å². The van der Waals surface area contributed by atoms with Crippen LogP contribution in [0.3, 0.4) is 0 Å². The zero-order valence-corrected chi connectivity index (χ0v) is 10.9. The number of rotatable bonds is 2. The van der Waals surface area contributed by atoms with Gasteiger partial charge in [-0.3, -0.25) is 4.79 Å². The Labute approximate surface area is 116 Å². The highest BCUT2D eigenvalue weighted by Gasteiger charge is 2.16. The molecule has 6 heteroatoms. The first-order chi connectivity index (χ1) is 9.58. The molecule has 3 aromatic rings. The second-order valence-corrected chi connectivity index (χ2v) is 5.14. The molecule has 0 radical (unpaired) electrons. The number of carbonyl (C=O) groups is 1. The van der Waals surface area contributed by atoms with E-state index in [1.807, 2.05) is 0 Å². The molecule has 0 unspecified atom stereocenters. The molecule has 0 bridgehead atoms. The van der Waals surface area contributed by atoms with Crippen LogP contribution in [0, 0.1) is 5.82 Å². The number of halogens is 1. The van der Waals surface area contributed by atoms with Crippen molar-refractivity contribution < 1.29 is 14.3 Å². The standard InChI is InChI=1S/C14H8FNO3S/c15-8-5-6-9(14(18)19)11(7-8)16-13(17)10-3-1-2-4-12(10)20-16/h1-7H,(H,18,19). The maximum Gasteiger partial charge on any atom is 0.337 e. The molecule has 3 rings (SSSR count). The van der Waals surface area contributed by atoms with Crippen LogP contribution in [0.15, 0.2) is 47.3 Å². The molecule has 4 nitrogen and oxygen atoms in total. The normalized spacial score (nSPS) is 10.8. The predicted molar refractivity (Wildman–Crippen MR) is 74.3 cm³/mol. The fourth-order valence-corrected chi connectivity index (χ4v) is 3.00. The molecule has 0 fully saturated rings. The molecule has 0 amide bonds. The van der Waals surface area contributed by atoms with Gasteiger partial charge in [0.15, 0.2) is 0 Å². The molecular weight excluding hydrogens is 281 g/mol. The van der Waals surface area contributed by atoms with E-state index in [4.69, 9.17) is 5.11 Å². The van der Waals surface area contributed by atoms with E-state index in [9.17, 15) is 14.0 Å². The fourth-order valence-electron chi connectivity index (χ4n) is 1.98. The summed E-state index contributed by atoms with van der Waals surface area (Å²) in [5.41, 5.74) is -0.414. The molecule has 1 aromatic heterocycles. The lowest BCUT2D eigenvalue weighted by Gasteiger charge is -2.05. The number of carboxylic acid groups (broad SMARTS) is 1. The van der Waals surface area contributed by atoms with E-state index < -0.39 is 11.8 Å². The minimum absolute atomic E-state index is 0.0451. The highest BCUT2D eigenvalue weighted by Crippen LogP contribution is 2.23. The van der Waals surface area contributed by atoms with Crippen molar-refractivity contribution in [3.8, 4) is 5.69 Å². The summed E-state index contributed by atoms with van der Waals surface area (Å²) in [5, 5.41) is 9.63. The van der Waals surface area contributed by atoms with Gasteiger partial charge in [0.05, 0.1) is 21.3 Å². The number of nitrogens with zero attached hydrogens (tertiary/aromatic N) is 1. The average Bonchev–Trinajstić information content (AvgIpc) is 2.76. The second-order valence-electron chi connectivity index (χ2n) is 4.15. The fraction of sp³-hybridized carbons (Fsp3) is 0. The van der Waals surface area contributed by atoms with Crippen LogP contribution in [0.2, 0.25) is 0 Å². The second kappa shape index (κ2) is 4.57. The van der Waals surface area contributed by atoms with E-state index in [2.05, 4.69) is 0 Å². The quantitative estimate of drug-likeness (QED) is 0.789. The van der Waals surface area contributed by atoms with Crippen molar-refractivity contribution in [2.75, 3.05) is 0 Å². The van der Waals surface area contributed by atoms with Gasteiger partial charge in [0.1, 0.15) is 5.82 Å². The first-order valence-corrected chi connectivity index (χ1v) is 6.49. The Morgan fingerprint density at radius 3 is 2.65 bits per heavy atom. The van der Waals surface area contributed by atoms with Gasteiger partial charge in [-0.1, -0.05) is 23.7 Å². The summed E-state index contributed by atoms with van der Waals surface area (Å²) in [4.78, 5) is 23.5. The molecule has 100 valence electrons. The van der Waals surface area contributed by atoms with Gasteiger partial charge in [-0.05, 0) is 30.3 Å². The van der Waals surface area contributed by atoms with Crippen LogP contribution in [0.25, 0.3) is 15.8 Å². The van der Waals surface area contributed by atoms with Gasteiger partial charge in [0.25, 0.3) is 5.56 Å². The number of aromatic carboxylic acids is 1. The summed E-state index contributed by atoms with van der Waals surface area (Å²) in [6.07, 6.45) is 0. The Morgan fingerprint density at radius 2 is 1.95 bits per heavy atom. The average molecular weight is 289 g/mol. The summed E-state index contributed by atoms with van der Waals surface area (Å²) in [5.74, 6) is -1.79. The van der Waals surface area contributed by atoms with Gasteiger partial charge in [0.2, 0.25) is 0 Å². The number of fused-ring (bicyclic) bond motifs is 1. The Kier molecular flexibility index (Phi) is 2.87. The smallest absolute Gasteiger partial charge is 0.337 e. The predicted octanol–water partition coefficient (Wildman–Crippen LogP) is 2.89. The van der Waals surface area contributed by atoms with E-state index in [0.29, 0.717) is 5.39 Å². The third-order valence-electron chi connectivity index (χ3n) is 2.90. The molecule has 1 heterocycles. The van der Waals surface area contributed by atoms with Crippen molar-refractivity contribution >= 4 is 27.6 Å². The number of carboxylic acids is 1. The molecule has 0 atom stereocenters. The zero-order chi connectivity index (χ0) is 14.3. The van der Waals surface area contributed by atoms with Crippen LogP contribution in [0.4, 0.5) is 4.39 Å².